The number of hydrogen-bond donors (Lipinski definition) is 2. The number of nitrogens with zero attached hydrogens (tertiary/aromatic N) is 3. The van der Waals surface area contributed by atoms with E-state index in [-0.39, 0.29) is 21.6 Å². The molecule has 2 aromatic rings. The molecular weight excluding hydrogens is 358 g/mol. The molecule has 2 heterocycles. The van der Waals surface area contributed by atoms with Gasteiger partial charge in [0, 0.05) is 6.20 Å². The van der Waals surface area contributed by atoms with Gasteiger partial charge in [0.05, 0.1) is 17.4 Å². The van der Waals surface area contributed by atoms with Gasteiger partial charge in [-0.1, -0.05) is 11.6 Å². The predicted molar refractivity (Wildman–Crippen MR) is 74.2 cm³/mol. The average Bonchev–Trinajstić information content (AvgIpc) is 2.35. The van der Waals surface area contributed by atoms with Gasteiger partial charge in [-0.15, -0.1) is 0 Å². The molecule has 0 bridgehead atoms. The van der Waals surface area contributed by atoms with Crippen molar-refractivity contribution in [1.29, 1.82) is 0 Å². The Bertz CT molecular complexity index is 707. The van der Waals surface area contributed by atoms with Gasteiger partial charge in [0.15, 0.2) is 5.82 Å². The second-order valence-corrected chi connectivity index (χ2v) is 6.27. The number of hydrogen-bond acceptors (Lipinski definition) is 6. The number of nitrogen functional groups attached to an aromatic ring is 1. The Morgan fingerprint density at radius 1 is 1.21 bits per heavy atom. The number of nitrogens with two attached hydrogens (primary N) is 1. The summed E-state index contributed by atoms with van der Waals surface area (Å²) in [6.07, 6.45) is 3.75. The molecule has 2 rings (SSSR count). The Labute approximate surface area is 122 Å². The Morgan fingerprint density at radius 2 is 1.95 bits per heavy atom. The molecule has 7 nitrogen and oxygen atoms in total. The van der Waals surface area contributed by atoms with Crippen molar-refractivity contribution in [3.63, 3.8) is 0 Å². The minimum Gasteiger partial charge on any atom is -0.382 e. The summed E-state index contributed by atoms with van der Waals surface area (Å²) in [6.45, 7) is 0. The highest BCUT2D eigenvalue weighted by Crippen LogP contribution is 2.21. The van der Waals surface area contributed by atoms with Crippen molar-refractivity contribution in [3.8, 4) is 0 Å². The van der Waals surface area contributed by atoms with Crippen molar-refractivity contribution in [3.05, 3.63) is 34.3 Å². The Hall–Kier alpha value is -1.45. The molecule has 0 fully saturated rings. The van der Waals surface area contributed by atoms with Crippen molar-refractivity contribution >= 4 is 49.2 Å². The number of halogens is 2. The zero-order valence-corrected chi connectivity index (χ0v) is 12.4. The van der Waals surface area contributed by atoms with Gasteiger partial charge in [-0.3, -0.25) is 4.72 Å². The molecule has 0 aromatic carbocycles. The van der Waals surface area contributed by atoms with Crippen LogP contribution in [0.3, 0.4) is 0 Å². The standard InChI is InChI=1S/C9H7BrClN5O2S/c10-7-3-14-8(4-13-7)16-19(17,18)5-1-6(11)9(12)15-2-5/h1-4H,(H2,12,15)(H,14,16). The minimum atomic E-state index is -3.84. The number of aromatic nitrogens is 3. The van der Waals surface area contributed by atoms with Gasteiger partial charge in [-0.25, -0.2) is 23.4 Å². The number of pyridine rings is 1. The number of sulfonamides is 1. The lowest BCUT2D eigenvalue weighted by atomic mass is 10.5. The second-order valence-electron chi connectivity index (χ2n) is 3.37. The molecule has 0 aliphatic carbocycles. The molecule has 0 radical (unpaired) electrons. The van der Waals surface area contributed by atoms with Crippen molar-refractivity contribution in [1.82, 2.24) is 15.0 Å². The average molecular weight is 365 g/mol. The van der Waals surface area contributed by atoms with Crippen molar-refractivity contribution in [2.24, 2.45) is 0 Å². The van der Waals surface area contributed by atoms with Crippen molar-refractivity contribution in [2.75, 3.05) is 10.5 Å². The molecule has 0 saturated carbocycles. The highest BCUT2D eigenvalue weighted by atomic mass is 79.9. The maximum Gasteiger partial charge on any atom is 0.264 e. The third-order valence-corrected chi connectivity index (χ3v) is 4.05. The Morgan fingerprint density at radius 3 is 2.53 bits per heavy atom. The summed E-state index contributed by atoms with van der Waals surface area (Å²) >= 11 is 8.83. The van der Waals surface area contributed by atoms with Crippen LogP contribution in [-0.4, -0.2) is 23.4 Å². The van der Waals surface area contributed by atoms with E-state index in [4.69, 9.17) is 17.3 Å². The summed E-state index contributed by atoms with van der Waals surface area (Å²) in [6, 6.07) is 1.21. The van der Waals surface area contributed by atoms with Crippen molar-refractivity contribution < 1.29 is 8.42 Å². The fraction of sp³-hybridized carbons (Fsp3) is 0. The first-order valence-electron chi connectivity index (χ1n) is 4.80. The molecular formula is C9H7BrClN5O2S. The van der Waals surface area contributed by atoms with E-state index >= 15 is 0 Å². The van der Waals surface area contributed by atoms with E-state index in [1.807, 2.05) is 0 Å². The van der Waals surface area contributed by atoms with Crippen LogP contribution < -0.4 is 10.5 Å². The summed E-state index contributed by atoms with van der Waals surface area (Å²) in [5.41, 5.74) is 5.42. The van der Waals surface area contributed by atoms with E-state index in [9.17, 15) is 8.42 Å². The molecule has 0 saturated heterocycles. The number of rotatable bonds is 3. The van der Waals surface area contributed by atoms with Crippen LogP contribution in [0, 0.1) is 0 Å². The summed E-state index contributed by atoms with van der Waals surface area (Å²) in [5.74, 6) is 0.139. The Balaban J connectivity index is 2.32. The van der Waals surface area contributed by atoms with Crippen LogP contribution in [0.4, 0.5) is 11.6 Å². The lowest BCUT2D eigenvalue weighted by Gasteiger charge is -2.07. The van der Waals surface area contributed by atoms with Crippen LogP contribution in [0.5, 0.6) is 0 Å². The first-order valence-corrected chi connectivity index (χ1v) is 7.45. The van der Waals surface area contributed by atoms with Gasteiger partial charge < -0.3 is 5.73 Å². The van der Waals surface area contributed by atoms with Crippen LogP contribution in [0.1, 0.15) is 0 Å². The molecule has 3 N–H and O–H groups in total. The van der Waals surface area contributed by atoms with Crippen LogP contribution in [0.15, 0.2) is 34.2 Å². The topological polar surface area (TPSA) is 111 Å². The largest absolute Gasteiger partial charge is 0.382 e. The maximum atomic E-state index is 12.0. The van der Waals surface area contributed by atoms with E-state index in [2.05, 4.69) is 35.6 Å². The molecule has 19 heavy (non-hydrogen) atoms. The molecule has 0 unspecified atom stereocenters. The number of nitrogens with one attached hydrogen (secondary N) is 1. The van der Waals surface area contributed by atoms with Crippen LogP contribution >= 0.6 is 27.5 Å². The predicted octanol–water partition coefficient (Wildman–Crippen LogP) is 1.67. The molecule has 0 spiro atoms. The second kappa shape index (κ2) is 5.27. The first kappa shape index (κ1) is 14.0. The first-order chi connectivity index (χ1) is 8.88. The van der Waals surface area contributed by atoms with Gasteiger partial charge in [0.1, 0.15) is 15.3 Å². The van der Waals surface area contributed by atoms with Gasteiger partial charge in [0.25, 0.3) is 10.0 Å². The molecule has 10 heteroatoms. The highest BCUT2D eigenvalue weighted by molar-refractivity contribution is 9.10. The summed E-state index contributed by atoms with van der Waals surface area (Å²) in [5, 5.41) is 0.0600. The van der Waals surface area contributed by atoms with Crippen molar-refractivity contribution in [2.45, 2.75) is 4.90 Å². The smallest absolute Gasteiger partial charge is 0.264 e. The quantitative estimate of drug-likeness (QED) is 0.857. The minimum absolute atomic E-state index is 0.0593. The summed E-state index contributed by atoms with van der Waals surface area (Å²) < 4.78 is 26.8. The van der Waals surface area contributed by atoms with Gasteiger partial charge in [-0.05, 0) is 22.0 Å². The van der Waals surface area contributed by atoms with Crippen LogP contribution in [-0.2, 0) is 10.0 Å². The van der Waals surface area contributed by atoms with Crippen LogP contribution in [0.2, 0.25) is 5.02 Å². The normalized spacial score (nSPS) is 11.3. The fourth-order valence-corrected chi connectivity index (χ4v) is 2.54. The molecule has 2 aromatic heterocycles. The maximum absolute atomic E-state index is 12.0. The molecule has 0 aliphatic rings. The van der Waals surface area contributed by atoms with Gasteiger partial charge in [-0.2, -0.15) is 0 Å². The van der Waals surface area contributed by atoms with E-state index < -0.39 is 10.0 Å². The monoisotopic (exact) mass is 363 g/mol. The zero-order chi connectivity index (χ0) is 14.0. The lowest BCUT2D eigenvalue weighted by Crippen LogP contribution is -2.14. The van der Waals surface area contributed by atoms with Gasteiger partial charge in [0.2, 0.25) is 0 Å². The van der Waals surface area contributed by atoms with Crippen LogP contribution in [0.25, 0.3) is 0 Å². The molecule has 0 atom stereocenters. The molecule has 0 amide bonds. The Kier molecular flexibility index (Phi) is 3.88. The molecule has 0 aliphatic heterocycles. The number of anilines is 2. The third kappa shape index (κ3) is 3.31. The molecule has 100 valence electrons. The fourth-order valence-electron chi connectivity index (χ4n) is 1.14. The highest BCUT2D eigenvalue weighted by Gasteiger charge is 2.17. The van der Waals surface area contributed by atoms with E-state index in [0.717, 1.165) is 6.20 Å². The third-order valence-electron chi connectivity index (χ3n) is 2.01. The summed E-state index contributed by atoms with van der Waals surface area (Å²) in [7, 11) is -3.84. The SMILES string of the molecule is Nc1ncc(S(=O)(=O)Nc2cnc(Br)cn2)cc1Cl. The van der Waals surface area contributed by atoms with E-state index in [0.29, 0.717) is 4.60 Å². The van der Waals surface area contributed by atoms with E-state index in [1.54, 1.807) is 0 Å². The van der Waals surface area contributed by atoms with E-state index in [1.165, 1.54) is 18.5 Å². The zero-order valence-electron chi connectivity index (χ0n) is 9.21. The lowest BCUT2D eigenvalue weighted by molar-refractivity contribution is 0.600. The van der Waals surface area contributed by atoms with Gasteiger partial charge >= 0.3 is 0 Å². The summed E-state index contributed by atoms with van der Waals surface area (Å²) in [4.78, 5) is 11.3.